The summed E-state index contributed by atoms with van der Waals surface area (Å²) in [4.78, 5) is 26.3. The molecule has 24 heavy (non-hydrogen) atoms. The number of amides is 2. The maximum Gasteiger partial charge on any atom is 0.291 e. The molecule has 0 fully saturated rings. The molecule has 2 N–H and O–H groups in total. The fourth-order valence-electron chi connectivity index (χ4n) is 2.18. The highest BCUT2D eigenvalue weighted by Crippen LogP contribution is 2.17. The number of hydrogen-bond acceptors (Lipinski definition) is 4. The molecule has 8 heteroatoms. The number of carbonyl (C=O) groups excluding carboxylic acids is 2. The van der Waals surface area contributed by atoms with Crippen molar-refractivity contribution < 1.29 is 14.0 Å². The lowest BCUT2D eigenvalue weighted by molar-refractivity contribution is 0.0943. The van der Waals surface area contributed by atoms with E-state index in [0.29, 0.717) is 22.6 Å². The molecular weight excluding hydrogens is 376 g/mol. The highest BCUT2D eigenvalue weighted by atomic mass is 79.9. The Labute approximate surface area is 149 Å². The summed E-state index contributed by atoms with van der Waals surface area (Å²) in [6.45, 7) is 1.51. The van der Waals surface area contributed by atoms with Gasteiger partial charge >= 0.3 is 0 Å². The van der Waals surface area contributed by atoms with Gasteiger partial charge in [0, 0.05) is 19.8 Å². The van der Waals surface area contributed by atoms with Gasteiger partial charge in [0.1, 0.15) is 5.69 Å². The Morgan fingerprint density at radius 1 is 1.29 bits per heavy atom. The van der Waals surface area contributed by atoms with Gasteiger partial charge in [0.05, 0.1) is 5.69 Å². The van der Waals surface area contributed by atoms with Gasteiger partial charge in [-0.25, -0.2) is 0 Å². The summed E-state index contributed by atoms with van der Waals surface area (Å²) in [6, 6.07) is 4.85. The van der Waals surface area contributed by atoms with Crippen molar-refractivity contribution in [1.29, 1.82) is 0 Å². The van der Waals surface area contributed by atoms with E-state index in [2.05, 4.69) is 31.5 Å². The van der Waals surface area contributed by atoms with Crippen LogP contribution in [0.1, 0.15) is 27.5 Å². The van der Waals surface area contributed by atoms with E-state index in [9.17, 15) is 9.59 Å². The molecule has 0 aliphatic rings. The van der Waals surface area contributed by atoms with E-state index in [-0.39, 0.29) is 17.6 Å². The SMILES string of the molecule is CN(C)CCCNC(=O)c1cc(NC(=O)c2ccc(Br)o2)cn1C. The van der Waals surface area contributed by atoms with E-state index in [0.717, 1.165) is 13.0 Å². The summed E-state index contributed by atoms with van der Waals surface area (Å²) in [5.74, 6) is -0.345. The first-order chi connectivity index (χ1) is 11.4. The highest BCUT2D eigenvalue weighted by Gasteiger charge is 2.15. The number of furan rings is 1. The van der Waals surface area contributed by atoms with Gasteiger partial charge in [-0.05, 0) is 61.2 Å². The Bertz CT molecular complexity index is 721. The second kappa shape index (κ2) is 8.16. The van der Waals surface area contributed by atoms with Gasteiger partial charge in [-0.3, -0.25) is 9.59 Å². The van der Waals surface area contributed by atoms with Crippen LogP contribution in [0, 0.1) is 0 Å². The molecule has 0 saturated carbocycles. The molecule has 2 aromatic rings. The molecule has 0 unspecified atom stereocenters. The van der Waals surface area contributed by atoms with Crippen LogP contribution in [0.2, 0.25) is 0 Å². The lowest BCUT2D eigenvalue weighted by atomic mass is 10.3. The summed E-state index contributed by atoms with van der Waals surface area (Å²) in [7, 11) is 5.74. The molecule has 0 aromatic carbocycles. The lowest BCUT2D eigenvalue weighted by Gasteiger charge is -2.10. The minimum atomic E-state index is -0.371. The molecule has 130 valence electrons. The number of anilines is 1. The quantitative estimate of drug-likeness (QED) is 0.703. The van der Waals surface area contributed by atoms with Gasteiger partial charge in [0.15, 0.2) is 10.4 Å². The summed E-state index contributed by atoms with van der Waals surface area (Å²) in [5.41, 5.74) is 1.02. The average molecular weight is 397 g/mol. The Balaban J connectivity index is 1.94. The molecule has 0 aliphatic carbocycles. The van der Waals surface area contributed by atoms with Crippen molar-refractivity contribution in [1.82, 2.24) is 14.8 Å². The molecule has 0 spiro atoms. The van der Waals surface area contributed by atoms with E-state index in [4.69, 9.17) is 4.42 Å². The first kappa shape index (κ1) is 18.3. The minimum absolute atomic E-state index is 0.169. The van der Waals surface area contributed by atoms with Gasteiger partial charge in [-0.1, -0.05) is 0 Å². The van der Waals surface area contributed by atoms with E-state index in [1.807, 2.05) is 14.1 Å². The number of rotatable bonds is 7. The number of aromatic nitrogens is 1. The summed E-state index contributed by atoms with van der Waals surface area (Å²) >= 11 is 3.15. The molecular formula is C16H21BrN4O3. The van der Waals surface area contributed by atoms with Gasteiger partial charge in [-0.15, -0.1) is 0 Å². The average Bonchev–Trinajstić information content (AvgIpc) is 3.09. The Morgan fingerprint density at radius 3 is 2.67 bits per heavy atom. The second-order valence-corrected chi connectivity index (χ2v) is 6.48. The van der Waals surface area contributed by atoms with E-state index < -0.39 is 0 Å². The van der Waals surface area contributed by atoms with Crippen LogP contribution < -0.4 is 10.6 Å². The number of carbonyl (C=O) groups is 2. The molecule has 0 aliphatic heterocycles. The number of nitrogens with zero attached hydrogens (tertiary/aromatic N) is 2. The third-order valence-electron chi connectivity index (χ3n) is 3.36. The molecule has 2 rings (SSSR count). The van der Waals surface area contributed by atoms with Crippen molar-refractivity contribution in [3.63, 3.8) is 0 Å². The Morgan fingerprint density at radius 2 is 2.04 bits per heavy atom. The maximum atomic E-state index is 12.2. The predicted octanol–water partition coefficient (Wildman–Crippen LogP) is 2.31. The van der Waals surface area contributed by atoms with Crippen LogP contribution in [0.3, 0.4) is 0 Å². The monoisotopic (exact) mass is 396 g/mol. The normalized spacial score (nSPS) is 10.9. The van der Waals surface area contributed by atoms with E-state index in [1.165, 1.54) is 0 Å². The fraction of sp³-hybridized carbons (Fsp3) is 0.375. The van der Waals surface area contributed by atoms with Crippen LogP contribution in [0.25, 0.3) is 0 Å². The van der Waals surface area contributed by atoms with Gasteiger partial charge in [-0.2, -0.15) is 0 Å². The topological polar surface area (TPSA) is 79.5 Å². The van der Waals surface area contributed by atoms with Gasteiger partial charge in [0.2, 0.25) is 0 Å². The largest absolute Gasteiger partial charge is 0.444 e. The van der Waals surface area contributed by atoms with Crippen molar-refractivity contribution in [3.05, 3.63) is 40.5 Å². The Kier molecular flexibility index (Phi) is 6.22. The fourth-order valence-corrected chi connectivity index (χ4v) is 2.48. The number of nitrogens with one attached hydrogen (secondary N) is 2. The highest BCUT2D eigenvalue weighted by molar-refractivity contribution is 9.10. The third-order valence-corrected chi connectivity index (χ3v) is 3.79. The van der Waals surface area contributed by atoms with E-state index in [1.54, 1.807) is 36.0 Å². The van der Waals surface area contributed by atoms with Crippen molar-refractivity contribution in [2.45, 2.75) is 6.42 Å². The molecule has 7 nitrogen and oxygen atoms in total. The number of aryl methyl sites for hydroxylation is 1. The smallest absolute Gasteiger partial charge is 0.291 e. The zero-order chi connectivity index (χ0) is 17.7. The molecule has 0 atom stereocenters. The van der Waals surface area contributed by atoms with Crippen LogP contribution >= 0.6 is 15.9 Å². The maximum absolute atomic E-state index is 12.2. The van der Waals surface area contributed by atoms with Crippen molar-refractivity contribution in [3.8, 4) is 0 Å². The van der Waals surface area contributed by atoms with E-state index >= 15 is 0 Å². The molecule has 2 aromatic heterocycles. The molecule has 2 amide bonds. The van der Waals surface area contributed by atoms with Crippen molar-refractivity contribution in [2.75, 3.05) is 32.5 Å². The van der Waals surface area contributed by atoms with Crippen LogP contribution in [0.5, 0.6) is 0 Å². The Hall–Kier alpha value is -2.06. The van der Waals surface area contributed by atoms with Gasteiger partial charge < -0.3 is 24.5 Å². The minimum Gasteiger partial charge on any atom is -0.444 e. The summed E-state index contributed by atoms with van der Waals surface area (Å²) in [6.07, 6.45) is 2.56. The summed E-state index contributed by atoms with van der Waals surface area (Å²) in [5, 5.41) is 5.58. The van der Waals surface area contributed by atoms with Gasteiger partial charge in [0.25, 0.3) is 11.8 Å². The first-order valence-electron chi connectivity index (χ1n) is 7.53. The summed E-state index contributed by atoms with van der Waals surface area (Å²) < 4.78 is 7.36. The predicted molar refractivity (Wildman–Crippen MR) is 95.3 cm³/mol. The van der Waals surface area contributed by atoms with Crippen molar-refractivity contribution >= 4 is 33.4 Å². The third kappa shape index (κ3) is 4.97. The van der Waals surface area contributed by atoms with Crippen LogP contribution in [0.15, 0.2) is 33.5 Å². The first-order valence-corrected chi connectivity index (χ1v) is 8.32. The zero-order valence-electron chi connectivity index (χ0n) is 13.9. The molecule has 2 heterocycles. The van der Waals surface area contributed by atoms with Crippen LogP contribution in [-0.4, -0.2) is 48.5 Å². The second-order valence-electron chi connectivity index (χ2n) is 5.70. The lowest BCUT2D eigenvalue weighted by Crippen LogP contribution is -2.28. The molecule has 0 bridgehead atoms. The van der Waals surface area contributed by atoms with Crippen LogP contribution in [0.4, 0.5) is 5.69 Å². The standard InChI is InChI=1S/C16H21BrN4O3/c1-20(2)8-4-7-18-15(22)12-9-11(10-21(12)3)19-16(23)13-5-6-14(17)24-13/h5-6,9-10H,4,7-8H2,1-3H3,(H,18,22)(H,19,23). The van der Waals surface area contributed by atoms with Crippen LogP contribution in [-0.2, 0) is 7.05 Å². The van der Waals surface area contributed by atoms with Crippen molar-refractivity contribution in [2.24, 2.45) is 7.05 Å². The zero-order valence-corrected chi connectivity index (χ0v) is 15.5. The molecule has 0 saturated heterocycles. The number of hydrogen-bond donors (Lipinski definition) is 2. The number of halogens is 1. The molecule has 0 radical (unpaired) electrons.